The van der Waals surface area contributed by atoms with Crippen molar-refractivity contribution in [3.8, 4) is 17.2 Å². The molecule has 0 aromatic heterocycles. The third-order valence-electron chi connectivity index (χ3n) is 3.90. The third-order valence-corrected chi connectivity index (χ3v) is 3.90. The maximum Gasteiger partial charge on any atom is 0.338 e. The molecule has 0 aliphatic rings. The van der Waals surface area contributed by atoms with Gasteiger partial charge in [0.15, 0.2) is 0 Å². The summed E-state index contributed by atoms with van der Waals surface area (Å²) in [6.07, 6.45) is 0. The fourth-order valence-corrected chi connectivity index (χ4v) is 2.52. The van der Waals surface area contributed by atoms with E-state index in [2.05, 4.69) is 0 Å². The van der Waals surface area contributed by atoms with Gasteiger partial charge in [-0.3, -0.25) is 0 Å². The Morgan fingerprint density at radius 1 is 0.880 bits per heavy atom. The van der Waals surface area contributed by atoms with Crippen LogP contribution in [0, 0.1) is 0 Å². The molecular formula is C19H16O6. The van der Waals surface area contributed by atoms with E-state index in [1.54, 1.807) is 18.2 Å². The van der Waals surface area contributed by atoms with Gasteiger partial charge in [0.2, 0.25) is 0 Å². The molecule has 0 aliphatic heterocycles. The molecule has 4 N–H and O–H groups in total. The van der Waals surface area contributed by atoms with Gasteiger partial charge in [-0.25, -0.2) is 4.79 Å². The first-order valence-electron chi connectivity index (χ1n) is 7.53. The normalized spacial score (nSPS) is 10.8. The summed E-state index contributed by atoms with van der Waals surface area (Å²) in [5, 5.41) is 39.8. The van der Waals surface area contributed by atoms with E-state index < -0.39 is 12.6 Å². The molecule has 128 valence electrons. The number of carbonyl (C=O) groups is 1. The number of benzene rings is 3. The second-order valence-electron chi connectivity index (χ2n) is 5.56. The van der Waals surface area contributed by atoms with Gasteiger partial charge in [-0.15, -0.1) is 0 Å². The van der Waals surface area contributed by atoms with Crippen LogP contribution >= 0.6 is 0 Å². The smallest absolute Gasteiger partial charge is 0.338 e. The number of phenols is 3. The summed E-state index contributed by atoms with van der Waals surface area (Å²) in [5.41, 5.74) is 0.737. The molecule has 0 spiro atoms. The molecule has 0 saturated carbocycles. The number of aromatic hydroxyl groups is 3. The largest absolute Gasteiger partial charge is 0.508 e. The Bertz CT molecular complexity index is 948. The highest BCUT2D eigenvalue weighted by Gasteiger charge is 2.13. The third kappa shape index (κ3) is 3.34. The number of carbonyl (C=O) groups excluding carboxylic acids is 1. The molecule has 0 amide bonds. The summed E-state index contributed by atoms with van der Waals surface area (Å²) >= 11 is 0. The summed E-state index contributed by atoms with van der Waals surface area (Å²) in [6, 6.07) is 12.0. The Hall–Kier alpha value is -3.25. The van der Waals surface area contributed by atoms with Crippen LogP contribution in [-0.2, 0) is 18.0 Å². The molecule has 0 saturated heterocycles. The van der Waals surface area contributed by atoms with Gasteiger partial charge in [-0.1, -0.05) is 12.1 Å². The molecule has 6 nitrogen and oxygen atoms in total. The van der Waals surface area contributed by atoms with Crippen molar-refractivity contribution in [1.82, 2.24) is 0 Å². The van der Waals surface area contributed by atoms with Crippen LogP contribution in [0.4, 0.5) is 0 Å². The lowest BCUT2D eigenvalue weighted by molar-refractivity contribution is 0.0470. The minimum absolute atomic E-state index is 0.0485. The highest BCUT2D eigenvalue weighted by Crippen LogP contribution is 2.31. The zero-order valence-electron chi connectivity index (χ0n) is 13.1. The zero-order valence-corrected chi connectivity index (χ0v) is 13.1. The van der Waals surface area contributed by atoms with Gasteiger partial charge >= 0.3 is 5.97 Å². The van der Waals surface area contributed by atoms with Crippen molar-refractivity contribution >= 4 is 16.7 Å². The van der Waals surface area contributed by atoms with E-state index in [4.69, 9.17) is 9.84 Å². The number of esters is 1. The van der Waals surface area contributed by atoms with Crippen LogP contribution in [0.25, 0.3) is 10.8 Å². The molecule has 6 heteroatoms. The van der Waals surface area contributed by atoms with Crippen LogP contribution in [-0.4, -0.2) is 26.4 Å². The van der Waals surface area contributed by atoms with E-state index in [0.29, 0.717) is 16.3 Å². The van der Waals surface area contributed by atoms with Crippen LogP contribution < -0.4 is 0 Å². The molecule has 0 unspecified atom stereocenters. The standard InChI is InChI=1S/C19H16O6/c20-9-13-6-12(4-5-16(13)21)19(24)25-10-14-7-15-11(8-18(14)23)2-1-3-17(15)22/h1-8,20-23H,9-10H2. The van der Waals surface area contributed by atoms with Gasteiger partial charge < -0.3 is 25.2 Å². The lowest BCUT2D eigenvalue weighted by Gasteiger charge is -2.10. The average Bonchev–Trinajstić information content (AvgIpc) is 2.60. The van der Waals surface area contributed by atoms with Gasteiger partial charge in [-0.2, -0.15) is 0 Å². The predicted octanol–water partition coefficient (Wildman–Crippen LogP) is 2.81. The monoisotopic (exact) mass is 340 g/mol. The number of hydrogen-bond donors (Lipinski definition) is 4. The molecular weight excluding hydrogens is 324 g/mol. The van der Waals surface area contributed by atoms with Crippen molar-refractivity contribution in [1.29, 1.82) is 0 Å². The Morgan fingerprint density at radius 2 is 1.68 bits per heavy atom. The van der Waals surface area contributed by atoms with Crippen LogP contribution in [0.1, 0.15) is 21.5 Å². The van der Waals surface area contributed by atoms with Crippen molar-refractivity contribution in [2.45, 2.75) is 13.2 Å². The molecule has 0 heterocycles. The Labute approximate surface area is 143 Å². The summed E-state index contributed by atoms with van der Waals surface area (Å²) in [5.74, 6) is -0.753. The molecule has 0 bridgehead atoms. The highest BCUT2D eigenvalue weighted by atomic mass is 16.5. The molecule has 0 radical (unpaired) electrons. The molecule has 0 atom stereocenters. The zero-order chi connectivity index (χ0) is 18.0. The first-order valence-corrected chi connectivity index (χ1v) is 7.53. The molecule has 3 aromatic rings. The van der Waals surface area contributed by atoms with Crippen molar-refractivity contribution in [3.05, 3.63) is 65.2 Å². The fraction of sp³-hybridized carbons (Fsp3) is 0.105. The van der Waals surface area contributed by atoms with Crippen LogP contribution in [0.3, 0.4) is 0 Å². The number of phenolic OH excluding ortho intramolecular Hbond substituents is 2. The molecule has 0 fully saturated rings. The first-order chi connectivity index (χ1) is 12.0. The Balaban J connectivity index is 1.81. The van der Waals surface area contributed by atoms with Crippen LogP contribution in [0.5, 0.6) is 17.2 Å². The van der Waals surface area contributed by atoms with Crippen molar-refractivity contribution in [3.63, 3.8) is 0 Å². The molecule has 25 heavy (non-hydrogen) atoms. The number of fused-ring (bicyclic) bond motifs is 1. The number of hydrogen-bond acceptors (Lipinski definition) is 6. The summed E-state index contributed by atoms with van der Waals surface area (Å²) in [7, 11) is 0. The number of aliphatic hydroxyl groups is 1. The Morgan fingerprint density at radius 3 is 2.44 bits per heavy atom. The SMILES string of the molecule is O=C(OCc1cc2c(O)cccc2cc1O)c1ccc(O)c(CO)c1. The van der Waals surface area contributed by atoms with Crippen molar-refractivity contribution in [2.24, 2.45) is 0 Å². The first kappa shape index (κ1) is 16.6. The van der Waals surface area contributed by atoms with E-state index in [-0.39, 0.29) is 35.0 Å². The molecule has 0 aliphatic carbocycles. The maximum absolute atomic E-state index is 12.1. The van der Waals surface area contributed by atoms with E-state index in [1.165, 1.54) is 30.3 Å². The molecule has 3 aromatic carbocycles. The quantitative estimate of drug-likeness (QED) is 0.544. The lowest BCUT2D eigenvalue weighted by atomic mass is 10.1. The van der Waals surface area contributed by atoms with Crippen LogP contribution in [0.2, 0.25) is 0 Å². The number of ether oxygens (including phenoxy) is 1. The van der Waals surface area contributed by atoms with Gasteiger partial charge in [0.25, 0.3) is 0 Å². The average molecular weight is 340 g/mol. The van der Waals surface area contributed by atoms with Crippen molar-refractivity contribution < 1.29 is 30.0 Å². The second kappa shape index (κ2) is 6.70. The van der Waals surface area contributed by atoms with Gasteiger partial charge in [0.1, 0.15) is 23.9 Å². The summed E-state index contributed by atoms with van der Waals surface area (Å²) < 4.78 is 5.18. The number of rotatable bonds is 4. The Kier molecular flexibility index (Phi) is 4.45. The van der Waals surface area contributed by atoms with Crippen LogP contribution in [0.15, 0.2) is 48.5 Å². The van der Waals surface area contributed by atoms with Gasteiger partial charge in [0.05, 0.1) is 12.2 Å². The van der Waals surface area contributed by atoms with E-state index in [9.17, 15) is 20.1 Å². The fourth-order valence-electron chi connectivity index (χ4n) is 2.52. The van der Waals surface area contributed by atoms with E-state index >= 15 is 0 Å². The predicted molar refractivity (Wildman–Crippen MR) is 90.4 cm³/mol. The molecule has 3 rings (SSSR count). The van der Waals surface area contributed by atoms with Gasteiger partial charge in [0, 0.05) is 16.5 Å². The number of aliphatic hydroxyl groups excluding tert-OH is 1. The maximum atomic E-state index is 12.1. The lowest BCUT2D eigenvalue weighted by Crippen LogP contribution is -2.06. The minimum atomic E-state index is -0.661. The van der Waals surface area contributed by atoms with E-state index in [1.807, 2.05) is 0 Å². The van der Waals surface area contributed by atoms with Crippen molar-refractivity contribution in [2.75, 3.05) is 0 Å². The second-order valence-corrected chi connectivity index (χ2v) is 5.56. The minimum Gasteiger partial charge on any atom is -0.508 e. The highest BCUT2D eigenvalue weighted by molar-refractivity contribution is 5.91. The van der Waals surface area contributed by atoms with Gasteiger partial charge in [-0.05, 0) is 41.8 Å². The topological polar surface area (TPSA) is 107 Å². The summed E-state index contributed by atoms with van der Waals surface area (Å²) in [6.45, 7) is -0.595. The van der Waals surface area contributed by atoms with E-state index in [0.717, 1.165) is 0 Å². The summed E-state index contributed by atoms with van der Waals surface area (Å²) in [4.78, 5) is 12.1.